The Morgan fingerprint density at radius 2 is 2.04 bits per heavy atom. The molecule has 1 atom stereocenters. The van der Waals surface area contributed by atoms with E-state index in [1.807, 2.05) is 4.57 Å². The van der Waals surface area contributed by atoms with E-state index in [-0.39, 0.29) is 11.3 Å². The number of sulfone groups is 1. The predicted molar refractivity (Wildman–Crippen MR) is 109 cm³/mol. The van der Waals surface area contributed by atoms with Crippen molar-refractivity contribution in [3.05, 3.63) is 11.9 Å². The molecule has 7 heteroatoms. The number of rotatable bonds is 10. The SMILES string of the molecule is CCCO[C@H]1CCCN(Cc2cnc(S(=O)(=O)C(C)C)n2CCC(C)C)C1. The van der Waals surface area contributed by atoms with Gasteiger partial charge in [-0.2, -0.15) is 0 Å². The molecule has 0 spiro atoms. The first-order chi connectivity index (χ1) is 12.8. The van der Waals surface area contributed by atoms with Gasteiger partial charge in [0.05, 0.1) is 23.2 Å². The molecule has 1 aliphatic heterocycles. The summed E-state index contributed by atoms with van der Waals surface area (Å²) in [6, 6.07) is 0. The van der Waals surface area contributed by atoms with Crippen molar-refractivity contribution < 1.29 is 13.2 Å². The molecule has 0 radical (unpaired) electrons. The summed E-state index contributed by atoms with van der Waals surface area (Å²) in [7, 11) is -3.39. The molecule has 6 nitrogen and oxygen atoms in total. The van der Waals surface area contributed by atoms with Crippen molar-refractivity contribution in [1.29, 1.82) is 0 Å². The van der Waals surface area contributed by atoms with E-state index in [0.717, 1.165) is 57.6 Å². The monoisotopic (exact) mass is 399 g/mol. The third kappa shape index (κ3) is 6.03. The molecule has 0 aromatic carbocycles. The molecule has 1 fully saturated rings. The average molecular weight is 400 g/mol. The zero-order valence-electron chi connectivity index (χ0n) is 17.6. The Labute approximate surface area is 165 Å². The van der Waals surface area contributed by atoms with Crippen molar-refractivity contribution in [3.8, 4) is 0 Å². The van der Waals surface area contributed by atoms with Gasteiger partial charge in [0.1, 0.15) is 0 Å². The maximum atomic E-state index is 12.8. The smallest absolute Gasteiger partial charge is 0.228 e. The van der Waals surface area contributed by atoms with Crippen LogP contribution in [0.15, 0.2) is 11.4 Å². The Hall–Kier alpha value is -0.920. The normalized spacial score (nSPS) is 19.3. The molecule has 156 valence electrons. The molecular formula is C20H37N3O3S. The van der Waals surface area contributed by atoms with Gasteiger partial charge in [-0.15, -0.1) is 0 Å². The van der Waals surface area contributed by atoms with Gasteiger partial charge in [0.15, 0.2) is 0 Å². The first kappa shape index (κ1) is 22.4. The summed E-state index contributed by atoms with van der Waals surface area (Å²) >= 11 is 0. The lowest BCUT2D eigenvalue weighted by atomic mass is 10.1. The number of aromatic nitrogens is 2. The summed E-state index contributed by atoms with van der Waals surface area (Å²) in [5, 5.41) is -0.240. The zero-order chi connectivity index (χ0) is 20.0. The number of hydrogen-bond donors (Lipinski definition) is 0. The summed E-state index contributed by atoms with van der Waals surface area (Å²) in [6.07, 6.45) is 6.24. The first-order valence-corrected chi connectivity index (χ1v) is 11.9. The van der Waals surface area contributed by atoms with E-state index < -0.39 is 15.1 Å². The number of nitrogens with zero attached hydrogens (tertiary/aromatic N) is 3. The Morgan fingerprint density at radius 3 is 2.67 bits per heavy atom. The fourth-order valence-electron chi connectivity index (χ4n) is 3.39. The molecule has 0 saturated carbocycles. The number of likely N-dealkylation sites (tertiary alicyclic amines) is 1. The standard InChI is InChI=1S/C20H37N3O3S/c1-6-12-26-19-8-7-10-22(15-19)14-18-13-21-20(27(24,25)17(4)5)23(18)11-9-16(2)3/h13,16-17,19H,6-12,14-15H2,1-5H3/t19-/m0/s1. The van der Waals surface area contributed by atoms with Crippen LogP contribution in [0.3, 0.4) is 0 Å². The lowest BCUT2D eigenvalue weighted by Gasteiger charge is -2.32. The van der Waals surface area contributed by atoms with Gasteiger partial charge in [-0.3, -0.25) is 4.90 Å². The van der Waals surface area contributed by atoms with E-state index in [2.05, 4.69) is 30.7 Å². The van der Waals surface area contributed by atoms with Gasteiger partial charge < -0.3 is 9.30 Å². The van der Waals surface area contributed by atoms with Crippen molar-refractivity contribution in [2.24, 2.45) is 5.92 Å². The third-order valence-corrected chi connectivity index (χ3v) is 7.19. The average Bonchev–Trinajstić information content (AvgIpc) is 3.01. The Balaban J connectivity index is 2.19. The Bertz CT molecular complexity index is 683. The Kier molecular flexibility index (Phi) is 8.31. The molecular weight excluding hydrogens is 362 g/mol. The number of ether oxygens (including phenoxy) is 1. The van der Waals surface area contributed by atoms with Crippen LogP contribution in [0, 0.1) is 5.92 Å². The molecule has 2 rings (SSSR count). The van der Waals surface area contributed by atoms with Crippen LogP contribution in [0.5, 0.6) is 0 Å². The molecule has 1 aromatic rings. The van der Waals surface area contributed by atoms with Gasteiger partial charge in [-0.25, -0.2) is 13.4 Å². The minimum absolute atomic E-state index is 0.226. The second-order valence-electron chi connectivity index (χ2n) is 8.33. The van der Waals surface area contributed by atoms with E-state index in [0.29, 0.717) is 12.5 Å². The van der Waals surface area contributed by atoms with Gasteiger partial charge in [0.2, 0.25) is 15.0 Å². The largest absolute Gasteiger partial charge is 0.377 e. The molecule has 0 amide bonds. The third-order valence-electron chi connectivity index (χ3n) is 5.11. The molecule has 0 bridgehead atoms. The molecule has 27 heavy (non-hydrogen) atoms. The van der Waals surface area contributed by atoms with Crippen LogP contribution in [-0.2, 0) is 27.7 Å². The summed E-state index contributed by atoms with van der Waals surface area (Å²) in [4.78, 5) is 6.71. The molecule has 0 unspecified atom stereocenters. The van der Waals surface area contributed by atoms with Crippen LogP contribution in [0.25, 0.3) is 0 Å². The molecule has 2 heterocycles. The van der Waals surface area contributed by atoms with Crippen molar-refractivity contribution in [3.63, 3.8) is 0 Å². The van der Waals surface area contributed by atoms with Crippen LogP contribution in [0.2, 0.25) is 0 Å². The minimum Gasteiger partial charge on any atom is -0.377 e. The minimum atomic E-state index is -3.39. The summed E-state index contributed by atoms with van der Waals surface area (Å²) in [6.45, 7) is 14.0. The fraction of sp³-hybridized carbons (Fsp3) is 0.850. The van der Waals surface area contributed by atoms with Crippen molar-refractivity contribution in [2.75, 3.05) is 19.7 Å². The van der Waals surface area contributed by atoms with Crippen LogP contribution in [0.1, 0.15) is 66.0 Å². The maximum Gasteiger partial charge on any atom is 0.228 e. The second-order valence-corrected chi connectivity index (χ2v) is 10.7. The highest BCUT2D eigenvalue weighted by Crippen LogP contribution is 2.22. The maximum absolute atomic E-state index is 12.8. The summed E-state index contributed by atoms with van der Waals surface area (Å²) in [5.41, 5.74) is 0.992. The number of piperidine rings is 1. The van der Waals surface area contributed by atoms with Gasteiger partial charge in [0.25, 0.3) is 0 Å². The van der Waals surface area contributed by atoms with Gasteiger partial charge in [0, 0.05) is 26.2 Å². The highest BCUT2D eigenvalue weighted by Gasteiger charge is 2.28. The summed E-state index contributed by atoms with van der Waals surface area (Å²) in [5.74, 6) is 0.511. The lowest BCUT2D eigenvalue weighted by molar-refractivity contribution is -0.00283. The zero-order valence-corrected chi connectivity index (χ0v) is 18.5. The van der Waals surface area contributed by atoms with E-state index in [9.17, 15) is 8.42 Å². The van der Waals surface area contributed by atoms with E-state index >= 15 is 0 Å². The first-order valence-electron chi connectivity index (χ1n) is 10.4. The van der Waals surface area contributed by atoms with Crippen molar-refractivity contribution >= 4 is 9.84 Å². The summed E-state index contributed by atoms with van der Waals surface area (Å²) < 4.78 is 33.4. The van der Waals surface area contributed by atoms with Gasteiger partial charge in [-0.1, -0.05) is 20.8 Å². The number of hydrogen-bond acceptors (Lipinski definition) is 5. The highest BCUT2D eigenvalue weighted by atomic mass is 32.2. The fourth-order valence-corrected chi connectivity index (χ4v) is 4.53. The van der Waals surface area contributed by atoms with Gasteiger partial charge in [-0.05, 0) is 52.0 Å². The lowest BCUT2D eigenvalue weighted by Crippen LogP contribution is -2.39. The van der Waals surface area contributed by atoms with Crippen LogP contribution in [-0.4, -0.2) is 53.9 Å². The van der Waals surface area contributed by atoms with Crippen molar-refractivity contribution in [2.45, 2.75) is 89.9 Å². The van der Waals surface area contributed by atoms with Crippen LogP contribution >= 0.6 is 0 Å². The second kappa shape index (κ2) is 10.0. The van der Waals surface area contributed by atoms with E-state index in [1.165, 1.54) is 0 Å². The quantitative estimate of drug-likeness (QED) is 0.602. The van der Waals surface area contributed by atoms with Crippen molar-refractivity contribution in [1.82, 2.24) is 14.5 Å². The molecule has 1 aliphatic rings. The Morgan fingerprint density at radius 1 is 1.30 bits per heavy atom. The molecule has 1 aromatic heterocycles. The van der Waals surface area contributed by atoms with Gasteiger partial charge >= 0.3 is 0 Å². The topological polar surface area (TPSA) is 64.4 Å². The predicted octanol–water partition coefficient (Wildman–Crippen LogP) is 3.50. The molecule has 0 aliphatic carbocycles. The van der Waals surface area contributed by atoms with E-state index in [1.54, 1.807) is 20.0 Å². The van der Waals surface area contributed by atoms with E-state index in [4.69, 9.17) is 4.74 Å². The highest BCUT2D eigenvalue weighted by molar-refractivity contribution is 7.91. The van der Waals surface area contributed by atoms with Crippen LogP contribution in [0.4, 0.5) is 0 Å². The number of imidazole rings is 1. The molecule has 0 N–H and O–H groups in total. The van der Waals surface area contributed by atoms with Crippen LogP contribution < -0.4 is 0 Å². The molecule has 1 saturated heterocycles.